The van der Waals surface area contributed by atoms with Gasteiger partial charge in [-0.1, -0.05) is 38.5 Å². The lowest BCUT2D eigenvalue weighted by Crippen LogP contribution is -2.22. The van der Waals surface area contributed by atoms with Crippen molar-refractivity contribution in [3.8, 4) is 11.3 Å². The van der Waals surface area contributed by atoms with Crippen LogP contribution in [-0.4, -0.2) is 15.8 Å². The summed E-state index contributed by atoms with van der Waals surface area (Å²) in [5, 5.41) is 7.95. The molecule has 0 fully saturated rings. The van der Waals surface area contributed by atoms with E-state index in [-0.39, 0.29) is 0 Å². The number of benzene rings is 1. The fourth-order valence-electron chi connectivity index (χ4n) is 2.35. The lowest BCUT2D eigenvalue weighted by molar-refractivity contribution is 0.587. The third-order valence-electron chi connectivity index (χ3n) is 3.39. The van der Waals surface area contributed by atoms with Crippen molar-refractivity contribution in [2.75, 3.05) is 0 Å². The van der Waals surface area contributed by atoms with Gasteiger partial charge < -0.3 is 5.32 Å². The van der Waals surface area contributed by atoms with Crippen molar-refractivity contribution in [3.05, 3.63) is 41.6 Å². The highest BCUT2D eigenvalue weighted by molar-refractivity contribution is 5.65. The van der Waals surface area contributed by atoms with E-state index < -0.39 is 0 Å². The van der Waals surface area contributed by atoms with E-state index in [0.717, 1.165) is 19.5 Å². The minimum absolute atomic E-state index is 0.490. The maximum atomic E-state index is 4.44. The van der Waals surface area contributed by atoms with Crippen molar-refractivity contribution < 1.29 is 0 Å². The molecule has 1 heterocycles. The van der Waals surface area contributed by atoms with Crippen LogP contribution in [0, 0.1) is 6.92 Å². The van der Waals surface area contributed by atoms with Crippen molar-refractivity contribution in [2.24, 2.45) is 0 Å². The molecule has 0 aliphatic carbocycles. The molecule has 3 heteroatoms. The average Bonchev–Trinajstić information content (AvgIpc) is 2.85. The second-order valence-electron chi connectivity index (χ2n) is 5.64. The van der Waals surface area contributed by atoms with Gasteiger partial charge in [-0.05, 0) is 31.0 Å². The van der Waals surface area contributed by atoms with Gasteiger partial charge in [0.05, 0.1) is 5.69 Å². The third kappa shape index (κ3) is 3.48. The quantitative estimate of drug-likeness (QED) is 0.867. The fraction of sp³-hybridized carbons (Fsp3) is 0.471. The molecule has 0 bridgehead atoms. The Morgan fingerprint density at radius 2 is 2.05 bits per heavy atom. The lowest BCUT2D eigenvalue weighted by Gasteiger charge is -2.15. The molecule has 2 aromatic rings. The minimum atomic E-state index is 0.490. The highest BCUT2D eigenvalue weighted by Crippen LogP contribution is 2.25. The summed E-state index contributed by atoms with van der Waals surface area (Å²) in [6.07, 6.45) is 2.99. The van der Waals surface area contributed by atoms with Crippen LogP contribution in [0.5, 0.6) is 0 Å². The molecule has 0 spiro atoms. The second kappa shape index (κ2) is 6.71. The Morgan fingerprint density at radius 3 is 2.75 bits per heavy atom. The van der Waals surface area contributed by atoms with Gasteiger partial charge in [-0.15, -0.1) is 0 Å². The van der Waals surface area contributed by atoms with Crippen molar-refractivity contribution in [3.63, 3.8) is 0 Å². The van der Waals surface area contributed by atoms with Crippen LogP contribution in [0.3, 0.4) is 0 Å². The molecule has 1 N–H and O–H groups in total. The summed E-state index contributed by atoms with van der Waals surface area (Å²) >= 11 is 0. The molecule has 1 aromatic heterocycles. The van der Waals surface area contributed by atoms with E-state index in [1.165, 1.54) is 22.4 Å². The van der Waals surface area contributed by atoms with Gasteiger partial charge in [-0.3, -0.25) is 4.68 Å². The van der Waals surface area contributed by atoms with Crippen LogP contribution < -0.4 is 5.32 Å². The van der Waals surface area contributed by atoms with Gasteiger partial charge in [-0.25, -0.2) is 0 Å². The van der Waals surface area contributed by atoms with Gasteiger partial charge >= 0.3 is 0 Å². The predicted molar refractivity (Wildman–Crippen MR) is 84.7 cm³/mol. The van der Waals surface area contributed by atoms with E-state index in [2.05, 4.69) is 67.1 Å². The Balaban J connectivity index is 2.37. The lowest BCUT2D eigenvalue weighted by atomic mass is 10.0. The van der Waals surface area contributed by atoms with Gasteiger partial charge in [0.15, 0.2) is 0 Å². The molecule has 3 nitrogen and oxygen atoms in total. The Bertz CT molecular complexity index is 555. The van der Waals surface area contributed by atoms with E-state index >= 15 is 0 Å². The van der Waals surface area contributed by atoms with Gasteiger partial charge in [0.1, 0.15) is 0 Å². The first-order valence-corrected chi connectivity index (χ1v) is 7.47. The zero-order valence-electron chi connectivity index (χ0n) is 13.0. The molecular weight excluding hydrogens is 246 g/mol. The second-order valence-corrected chi connectivity index (χ2v) is 5.64. The van der Waals surface area contributed by atoms with E-state index in [1.54, 1.807) is 0 Å². The van der Waals surface area contributed by atoms with Crippen LogP contribution in [0.25, 0.3) is 11.3 Å². The van der Waals surface area contributed by atoms with Crippen molar-refractivity contribution in [1.29, 1.82) is 0 Å². The molecule has 0 amide bonds. The average molecular weight is 271 g/mol. The fourth-order valence-corrected chi connectivity index (χ4v) is 2.35. The number of nitrogens with one attached hydrogen (secondary N) is 1. The number of hydrogen-bond donors (Lipinski definition) is 1. The molecule has 0 saturated heterocycles. The Morgan fingerprint density at radius 1 is 1.25 bits per heavy atom. The number of hydrogen-bond acceptors (Lipinski definition) is 2. The summed E-state index contributed by atoms with van der Waals surface area (Å²) in [4.78, 5) is 0. The van der Waals surface area contributed by atoms with Gasteiger partial charge in [0.2, 0.25) is 0 Å². The van der Waals surface area contributed by atoms with Gasteiger partial charge in [0.25, 0.3) is 0 Å². The Kier molecular flexibility index (Phi) is 4.96. The number of rotatable bonds is 6. The van der Waals surface area contributed by atoms with Crippen LogP contribution in [0.1, 0.15) is 38.3 Å². The SMILES string of the molecule is CCCn1nccc1-c1cc(C)ccc1CNC(C)C. The normalized spacial score (nSPS) is 11.2. The molecule has 1 aromatic carbocycles. The van der Waals surface area contributed by atoms with Crippen LogP contribution in [0.4, 0.5) is 0 Å². The molecule has 0 unspecified atom stereocenters. The smallest absolute Gasteiger partial charge is 0.0685 e. The van der Waals surface area contributed by atoms with E-state index in [4.69, 9.17) is 0 Å². The third-order valence-corrected chi connectivity index (χ3v) is 3.39. The molecule has 108 valence electrons. The first kappa shape index (κ1) is 14.8. The monoisotopic (exact) mass is 271 g/mol. The van der Waals surface area contributed by atoms with Crippen LogP contribution in [0.15, 0.2) is 30.5 Å². The molecule has 20 heavy (non-hydrogen) atoms. The van der Waals surface area contributed by atoms with Crippen molar-refractivity contribution >= 4 is 0 Å². The molecule has 0 saturated carbocycles. The molecule has 0 atom stereocenters. The standard InChI is InChI=1S/C17H25N3/c1-5-10-20-17(8-9-19-20)16-11-14(4)6-7-15(16)12-18-13(2)3/h6-9,11,13,18H,5,10,12H2,1-4H3. The zero-order chi connectivity index (χ0) is 14.5. The maximum absolute atomic E-state index is 4.44. The largest absolute Gasteiger partial charge is 0.310 e. The first-order valence-electron chi connectivity index (χ1n) is 7.47. The van der Waals surface area contributed by atoms with E-state index in [1.807, 2.05) is 6.20 Å². The summed E-state index contributed by atoms with van der Waals surface area (Å²) in [7, 11) is 0. The van der Waals surface area contributed by atoms with E-state index in [0.29, 0.717) is 6.04 Å². The first-order chi connectivity index (χ1) is 9.61. The summed E-state index contributed by atoms with van der Waals surface area (Å²) < 4.78 is 2.10. The van der Waals surface area contributed by atoms with Crippen molar-refractivity contribution in [1.82, 2.24) is 15.1 Å². The summed E-state index contributed by atoms with van der Waals surface area (Å²) in [6, 6.07) is 9.28. The predicted octanol–water partition coefficient (Wildman–Crippen LogP) is 3.77. The minimum Gasteiger partial charge on any atom is -0.310 e. The molecular formula is C17H25N3. The van der Waals surface area contributed by atoms with Gasteiger partial charge in [0, 0.05) is 30.9 Å². The highest BCUT2D eigenvalue weighted by Gasteiger charge is 2.10. The van der Waals surface area contributed by atoms with Gasteiger partial charge in [-0.2, -0.15) is 5.10 Å². The van der Waals surface area contributed by atoms with Crippen LogP contribution >= 0.6 is 0 Å². The van der Waals surface area contributed by atoms with Crippen LogP contribution in [-0.2, 0) is 13.1 Å². The molecule has 0 aliphatic rings. The molecule has 0 aliphatic heterocycles. The Labute approximate surface area is 122 Å². The summed E-state index contributed by atoms with van der Waals surface area (Å²) in [5.41, 5.74) is 5.14. The highest BCUT2D eigenvalue weighted by atomic mass is 15.3. The summed E-state index contributed by atoms with van der Waals surface area (Å²) in [6.45, 7) is 10.5. The van der Waals surface area contributed by atoms with Crippen LogP contribution in [0.2, 0.25) is 0 Å². The topological polar surface area (TPSA) is 29.9 Å². The number of aromatic nitrogens is 2. The number of aryl methyl sites for hydroxylation is 2. The van der Waals surface area contributed by atoms with E-state index in [9.17, 15) is 0 Å². The Hall–Kier alpha value is -1.61. The number of nitrogens with zero attached hydrogens (tertiary/aromatic N) is 2. The molecule has 0 radical (unpaired) electrons. The molecule has 2 rings (SSSR count). The zero-order valence-corrected chi connectivity index (χ0v) is 13.0. The summed E-state index contributed by atoms with van der Waals surface area (Å²) in [5.74, 6) is 0. The van der Waals surface area contributed by atoms with Crippen molar-refractivity contribution in [2.45, 2.75) is 53.2 Å². The maximum Gasteiger partial charge on any atom is 0.0685 e.